The van der Waals surface area contributed by atoms with E-state index in [2.05, 4.69) is 24.3 Å². The molecule has 0 spiro atoms. The molecule has 1 aliphatic heterocycles. The molecule has 2 heterocycles. The lowest BCUT2D eigenvalue weighted by atomic mass is 9.77. The standard InChI is InChI=1S/C19H30N4O2/c1-12(2)23-17(8-9-20-23)21-19(25)15-10-18(24)22(11-15)16-7-5-6-13(3)14(16)4/h8-9,12-16H,5-7,10-11H2,1-4H3,(H,21,25)/t13-,14+,15+,16+/m1/s1. The van der Waals surface area contributed by atoms with Crippen molar-refractivity contribution in [2.75, 3.05) is 11.9 Å². The number of carbonyl (C=O) groups is 2. The molecule has 1 aromatic heterocycles. The Labute approximate surface area is 149 Å². The summed E-state index contributed by atoms with van der Waals surface area (Å²) < 4.78 is 1.79. The van der Waals surface area contributed by atoms with Gasteiger partial charge in [0.15, 0.2) is 0 Å². The van der Waals surface area contributed by atoms with Gasteiger partial charge in [-0.3, -0.25) is 9.59 Å². The second kappa shape index (κ2) is 7.18. The van der Waals surface area contributed by atoms with Crippen molar-refractivity contribution < 1.29 is 9.59 Å². The summed E-state index contributed by atoms with van der Waals surface area (Å²) in [5.41, 5.74) is 0. The Morgan fingerprint density at radius 1 is 1.32 bits per heavy atom. The summed E-state index contributed by atoms with van der Waals surface area (Å²) in [4.78, 5) is 27.2. The van der Waals surface area contributed by atoms with Gasteiger partial charge in [-0.1, -0.05) is 26.7 Å². The number of hydrogen-bond acceptors (Lipinski definition) is 3. The lowest BCUT2D eigenvalue weighted by Crippen LogP contribution is -2.45. The van der Waals surface area contributed by atoms with Gasteiger partial charge in [-0.25, -0.2) is 4.68 Å². The lowest BCUT2D eigenvalue weighted by molar-refractivity contribution is -0.131. The third-order valence-corrected chi connectivity index (χ3v) is 6.00. The van der Waals surface area contributed by atoms with Gasteiger partial charge >= 0.3 is 0 Å². The molecule has 6 nitrogen and oxygen atoms in total. The molecule has 1 N–H and O–H groups in total. The maximum absolute atomic E-state index is 12.7. The average molecular weight is 346 g/mol. The van der Waals surface area contributed by atoms with Gasteiger partial charge in [0.2, 0.25) is 11.8 Å². The number of aromatic nitrogens is 2. The van der Waals surface area contributed by atoms with Crippen LogP contribution in [0.4, 0.5) is 5.82 Å². The first kappa shape index (κ1) is 18.0. The Balaban J connectivity index is 1.65. The van der Waals surface area contributed by atoms with E-state index in [1.807, 2.05) is 18.7 Å². The minimum absolute atomic E-state index is 0.0743. The SMILES string of the molecule is CC(C)n1nccc1NC(=O)[C@H]1CC(=O)N([C@H]2CCC[C@@H](C)[C@@H]2C)C1. The second-order valence-corrected chi connectivity index (χ2v) is 8.03. The molecule has 3 rings (SSSR count). The first-order valence-corrected chi connectivity index (χ1v) is 9.52. The van der Waals surface area contributed by atoms with E-state index in [-0.39, 0.29) is 29.8 Å². The van der Waals surface area contributed by atoms with Crippen LogP contribution in [-0.2, 0) is 9.59 Å². The first-order chi connectivity index (χ1) is 11.9. The van der Waals surface area contributed by atoms with Crippen molar-refractivity contribution in [3.63, 3.8) is 0 Å². The highest BCUT2D eigenvalue weighted by atomic mass is 16.2. The summed E-state index contributed by atoms with van der Waals surface area (Å²) in [6.45, 7) is 9.11. The number of hydrogen-bond donors (Lipinski definition) is 1. The molecule has 0 aromatic carbocycles. The molecule has 0 unspecified atom stereocenters. The Hall–Kier alpha value is -1.85. The fourth-order valence-corrected chi connectivity index (χ4v) is 4.27. The Kier molecular flexibility index (Phi) is 5.16. The van der Waals surface area contributed by atoms with Gasteiger partial charge in [0.05, 0.1) is 12.1 Å². The Morgan fingerprint density at radius 3 is 2.80 bits per heavy atom. The molecule has 25 heavy (non-hydrogen) atoms. The molecule has 2 fully saturated rings. The van der Waals surface area contributed by atoms with Gasteiger partial charge in [-0.05, 0) is 32.1 Å². The van der Waals surface area contributed by atoms with Crippen LogP contribution in [0.1, 0.15) is 59.4 Å². The summed E-state index contributed by atoms with van der Waals surface area (Å²) in [5.74, 6) is 1.62. The third-order valence-electron chi connectivity index (χ3n) is 6.00. The molecular formula is C19H30N4O2. The zero-order chi connectivity index (χ0) is 18.1. The lowest BCUT2D eigenvalue weighted by Gasteiger charge is -2.40. The number of nitrogens with one attached hydrogen (secondary N) is 1. The van der Waals surface area contributed by atoms with Crippen LogP contribution in [0.25, 0.3) is 0 Å². The van der Waals surface area contributed by atoms with Crippen molar-refractivity contribution in [3.8, 4) is 0 Å². The van der Waals surface area contributed by atoms with Crippen molar-refractivity contribution >= 4 is 17.6 Å². The van der Waals surface area contributed by atoms with E-state index < -0.39 is 0 Å². The average Bonchev–Trinajstić information content (AvgIpc) is 3.17. The zero-order valence-electron chi connectivity index (χ0n) is 15.7. The van der Waals surface area contributed by atoms with E-state index in [0.29, 0.717) is 30.6 Å². The summed E-state index contributed by atoms with van der Waals surface area (Å²) in [6.07, 6.45) is 5.48. The van der Waals surface area contributed by atoms with Gasteiger partial charge < -0.3 is 10.2 Å². The van der Waals surface area contributed by atoms with Crippen molar-refractivity contribution in [1.82, 2.24) is 14.7 Å². The highest BCUT2D eigenvalue weighted by Gasteiger charge is 2.41. The zero-order valence-corrected chi connectivity index (χ0v) is 15.7. The number of amides is 2. The summed E-state index contributed by atoms with van der Waals surface area (Å²) in [6, 6.07) is 2.27. The number of likely N-dealkylation sites (tertiary alicyclic amines) is 1. The largest absolute Gasteiger partial charge is 0.339 e. The van der Waals surface area contributed by atoms with Crippen molar-refractivity contribution in [3.05, 3.63) is 12.3 Å². The second-order valence-electron chi connectivity index (χ2n) is 8.03. The highest BCUT2D eigenvalue weighted by Crippen LogP contribution is 2.36. The van der Waals surface area contributed by atoms with Crippen LogP contribution in [0.3, 0.4) is 0 Å². The maximum atomic E-state index is 12.7. The Morgan fingerprint density at radius 2 is 2.08 bits per heavy atom. The molecule has 1 saturated heterocycles. The van der Waals surface area contributed by atoms with Crippen LogP contribution in [0.2, 0.25) is 0 Å². The van der Waals surface area contributed by atoms with Crippen LogP contribution in [0.5, 0.6) is 0 Å². The Bertz CT molecular complexity index is 639. The van der Waals surface area contributed by atoms with Crippen LogP contribution >= 0.6 is 0 Å². The van der Waals surface area contributed by atoms with E-state index >= 15 is 0 Å². The predicted octanol–water partition coefficient (Wildman–Crippen LogP) is 3.08. The quantitative estimate of drug-likeness (QED) is 0.911. The van der Waals surface area contributed by atoms with Crippen LogP contribution in [0, 0.1) is 17.8 Å². The van der Waals surface area contributed by atoms with Gasteiger partial charge in [-0.15, -0.1) is 0 Å². The molecule has 1 saturated carbocycles. The molecule has 138 valence electrons. The van der Waals surface area contributed by atoms with Crippen molar-refractivity contribution in [2.24, 2.45) is 17.8 Å². The monoisotopic (exact) mass is 346 g/mol. The van der Waals surface area contributed by atoms with Gasteiger partial charge in [-0.2, -0.15) is 5.10 Å². The molecule has 1 aromatic rings. The summed E-state index contributed by atoms with van der Waals surface area (Å²) in [5, 5.41) is 7.20. The van der Waals surface area contributed by atoms with Gasteiger partial charge in [0.1, 0.15) is 5.82 Å². The molecule has 0 bridgehead atoms. The number of anilines is 1. The molecule has 1 aliphatic carbocycles. The molecule has 4 atom stereocenters. The summed E-state index contributed by atoms with van der Waals surface area (Å²) in [7, 11) is 0. The molecule has 2 amide bonds. The van der Waals surface area contributed by atoms with Crippen molar-refractivity contribution in [1.29, 1.82) is 0 Å². The van der Waals surface area contributed by atoms with E-state index in [4.69, 9.17) is 0 Å². The van der Waals surface area contributed by atoms with Gasteiger partial charge in [0, 0.05) is 31.1 Å². The smallest absolute Gasteiger partial charge is 0.230 e. The topological polar surface area (TPSA) is 67.2 Å². The van der Waals surface area contributed by atoms with E-state index in [0.717, 1.165) is 6.42 Å². The number of nitrogens with zero attached hydrogens (tertiary/aromatic N) is 3. The molecule has 0 radical (unpaired) electrons. The molecule has 2 aliphatic rings. The first-order valence-electron chi connectivity index (χ1n) is 9.52. The number of rotatable bonds is 4. The normalized spacial score (nSPS) is 30.1. The fourth-order valence-electron chi connectivity index (χ4n) is 4.27. The minimum Gasteiger partial charge on any atom is -0.339 e. The predicted molar refractivity (Wildman–Crippen MR) is 97.0 cm³/mol. The van der Waals surface area contributed by atoms with Crippen LogP contribution in [-0.4, -0.2) is 39.1 Å². The molecular weight excluding hydrogens is 316 g/mol. The maximum Gasteiger partial charge on any atom is 0.230 e. The van der Waals surface area contributed by atoms with E-state index in [9.17, 15) is 9.59 Å². The molecule has 6 heteroatoms. The van der Waals surface area contributed by atoms with Crippen LogP contribution in [0.15, 0.2) is 12.3 Å². The van der Waals surface area contributed by atoms with E-state index in [1.165, 1.54) is 12.8 Å². The van der Waals surface area contributed by atoms with E-state index in [1.54, 1.807) is 16.9 Å². The minimum atomic E-state index is -0.271. The van der Waals surface area contributed by atoms with Gasteiger partial charge in [0.25, 0.3) is 0 Å². The van der Waals surface area contributed by atoms with Crippen LogP contribution < -0.4 is 5.32 Å². The summed E-state index contributed by atoms with van der Waals surface area (Å²) >= 11 is 0. The third kappa shape index (κ3) is 3.58. The fraction of sp³-hybridized carbons (Fsp3) is 0.737. The van der Waals surface area contributed by atoms with Crippen molar-refractivity contribution in [2.45, 2.75) is 65.5 Å². The number of carbonyl (C=O) groups excluding carboxylic acids is 2. The highest BCUT2D eigenvalue weighted by molar-refractivity contribution is 5.96.